The van der Waals surface area contributed by atoms with Crippen molar-refractivity contribution in [2.24, 2.45) is 0 Å². The molecule has 1 aliphatic rings. The van der Waals surface area contributed by atoms with Crippen molar-refractivity contribution < 1.29 is 27.6 Å². The van der Waals surface area contributed by atoms with Crippen LogP contribution in [0.15, 0.2) is 73.3 Å². The van der Waals surface area contributed by atoms with Crippen LogP contribution in [-0.2, 0) is 17.6 Å². The van der Waals surface area contributed by atoms with Gasteiger partial charge in [-0.15, -0.1) is 6.58 Å². The number of carbonyl (C=O) groups excluding carboxylic acids is 1. The first-order valence-corrected chi connectivity index (χ1v) is 10.0. The van der Waals surface area contributed by atoms with Gasteiger partial charge in [0.25, 0.3) is 5.91 Å². The highest BCUT2D eigenvalue weighted by Gasteiger charge is 2.33. The Bertz CT molecular complexity index is 709. The van der Waals surface area contributed by atoms with E-state index >= 15 is 0 Å². The number of carbonyl (C=O) groups is 1. The molecule has 158 valence electrons. The summed E-state index contributed by atoms with van der Waals surface area (Å²) < 4.78 is 0. The number of nitrogens with one attached hydrogen (secondary N) is 1. The largest absolute Gasteiger partial charge is 1.00 e. The Morgan fingerprint density at radius 3 is 2.14 bits per heavy atom. The van der Waals surface area contributed by atoms with E-state index in [1.807, 2.05) is 30.3 Å². The van der Waals surface area contributed by atoms with Crippen molar-refractivity contribution in [1.82, 2.24) is 5.32 Å². The molecule has 1 amide bonds. The summed E-state index contributed by atoms with van der Waals surface area (Å²) in [7, 11) is 1.00. The fourth-order valence-electron chi connectivity index (χ4n) is 3.83. The van der Waals surface area contributed by atoms with E-state index in [0.717, 1.165) is 39.2 Å². The van der Waals surface area contributed by atoms with Crippen molar-refractivity contribution >= 4 is 5.91 Å². The van der Waals surface area contributed by atoms with Crippen LogP contribution in [0.25, 0.3) is 0 Å². The molecule has 0 unspecified atom stereocenters. The number of allylic oxidation sites excluding steroid dienone is 1. The van der Waals surface area contributed by atoms with Crippen LogP contribution in [0.3, 0.4) is 0 Å². The third-order valence-electron chi connectivity index (χ3n) is 5.14. The van der Waals surface area contributed by atoms with Gasteiger partial charge in [0, 0.05) is 32.4 Å². The topological polar surface area (TPSA) is 65.9 Å². The first-order chi connectivity index (χ1) is 13.7. The van der Waals surface area contributed by atoms with Gasteiger partial charge in [0.1, 0.15) is 0 Å². The Kier molecular flexibility index (Phi) is 12.0. The average molecular weight is 417 g/mol. The minimum Gasteiger partial charge on any atom is -1.00 e. The van der Waals surface area contributed by atoms with Gasteiger partial charge in [-0.2, -0.15) is 0 Å². The minimum absolute atomic E-state index is 0. The van der Waals surface area contributed by atoms with E-state index in [1.54, 1.807) is 0 Å². The molecule has 1 aliphatic heterocycles. The number of hydrogen-bond donors (Lipinski definition) is 3. The van der Waals surface area contributed by atoms with Gasteiger partial charge < -0.3 is 28.1 Å². The van der Waals surface area contributed by atoms with Gasteiger partial charge in [-0.05, 0) is 24.0 Å². The molecule has 0 aromatic heterocycles. The molecule has 5 heteroatoms. The molecule has 2 aromatic rings. The monoisotopic (exact) mass is 416 g/mol. The van der Waals surface area contributed by atoms with Crippen molar-refractivity contribution in [2.45, 2.75) is 50.2 Å². The Balaban J connectivity index is 0.00000136. The lowest BCUT2D eigenvalue weighted by molar-refractivity contribution is -0.709. The Morgan fingerprint density at radius 1 is 1.03 bits per heavy atom. The zero-order valence-corrected chi connectivity index (χ0v) is 17.9. The second-order valence-electron chi connectivity index (χ2n) is 7.25. The standard InChI is InChI=1S/C23H28N2O.CH4O.ClH/c1-2-3-14-20-17-21(15-18-10-6-4-7-11-18)25-23(26)22(24-20)16-19-12-8-5-9-13-19;1-2;/h2,4-13,20-22,24H,1,3,14-17H2,(H,25,26);2H,1H3;1H/t20-,21+,22+;;/m1../s1. The highest BCUT2D eigenvalue weighted by molar-refractivity contribution is 5.81. The van der Waals surface area contributed by atoms with Crippen LogP contribution >= 0.6 is 0 Å². The zero-order valence-electron chi connectivity index (χ0n) is 17.1. The van der Waals surface area contributed by atoms with Gasteiger partial charge in [-0.3, -0.25) is 4.79 Å². The normalized spacial score (nSPS) is 20.9. The van der Waals surface area contributed by atoms with Crippen LogP contribution < -0.4 is 23.0 Å². The van der Waals surface area contributed by atoms with Crippen molar-refractivity contribution in [1.29, 1.82) is 0 Å². The van der Waals surface area contributed by atoms with Crippen LogP contribution in [0.5, 0.6) is 0 Å². The summed E-state index contributed by atoms with van der Waals surface area (Å²) >= 11 is 0. The highest BCUT2D eigenvalue weighted by atomic mass is 35.5. The third-order valence-corrected chi connectivity index (χ3v) is 5.14. The van der Waals surface area contributed by atoms with E-state index in [0.29, 0.717) is 6.04 Å². The number of amides is 1. The van der Waals surface area contributed by atoms with Crippen LogP contribution in [0.4, 0.5) is 0 Å². The molecule has 4 N–H and O–H groups in total. The summed E-state index contributed by atoms with van der Waals surface area (Å²) in [5, 5.41) is 12.6. The summed E-state index contributed by atoms with van der Waals surface area (Å²) in [6.45, 7) is 3.86. The summed E-state index contributed by atoms with van der Waals surface area (Å²) in [5.41, 5.74) is 2.50. The van der Waals surface area contributed by atoms with Crippen LogP contribution in [0, 0.1) is 0 Å². The summed E-state index contributed by atoms with van der Waals surface area (Å²) in [6.07, 6.45) is 6.70. The van der Waals surface area contributed by atoms with Gasteiger partial charge in [-0.1, -0.05) is 66.7 Å². The molecule has 1 fully saturated rings. The van der Waals surface area contributed by atoms with E-state index < -0.39 is 0 Å². The van der Waals surface area contributed by atoms with E-state index in [9.17, 15) is 4.79 Å². The second-order valence-corrected chi connectivity index (χ2v) is 7.25. The Morgan fingerprint density at radius 2 is 1.59 bits per heavy atom. The van der Waals surface area contributed by atoms with E-state index in [1.165, 1.54) is 11.1 Å². The number of rotatable bonds is 7. The molecule has 3 atom stereocenters. The molecule has 0 spiro atoms. The Hall–Kier alpha value is -2.14. The maximum Gasteiger partial charge on any atom is 0.278 e. The molecule has 0 aliphatic carbocycles. The van der Waals surface area contributed by atoms with Crippen LogP contribution in [0.1, 0.15) is 30.4 Å². The number of nitrogens with two attached hydrogens (primary N) is 1. The highest BCUT2D eigenvalue weighted by Crippen LogP contribution is 2.13. The molecule has 4 nitrogen and oxygen atoms in total. The van der Waals surface area contributed by atoms with E-state index in [2.05, 4.69) is 53.6 Å². The zero-order chi connectivity index (χ0) is 20.2. The number of halogens is 1. The summed E-state index contributed by atoms with van der Waals surface area (Å²) in [4.78, 5) is 12.9. The minimum atomic E-state index is -0.0620. The first kappa shape index (κ1) is 24.9. The quantitative estimate of drug-likeness (QED) is 0.519. The maximum absolute atomic E-state index is 12.9. The lowest BCUT2D eigenvalue weighted by Gasteiger charge is -2.18. The molecule has 1 saturated heterocycles. The predicted octanol–water partition coefficient (Wildman–Crippen LogP) is -0.760. The second kappa shape index (κ2) is 13.9. The third kappa shape index (κ3) is 8.40. The van der Waals surface area contributed by atoms with Crippen LogP contribution in [0.2, 0.25) is 0 Å². The SMILES string of the molecule is C=CCC[C@@H]1C[C@H](Cc2ccccc2)NC(=O)[C@H](Cc2ccccc2)[NH2+]1.CO.[Cl-]. The molecule has 3 rings (SSSR count). The fourth-order valence-corrected chi connectivity index (χ4v) is 3.83. The predicted molar refractivity (Wildman–Crippen MR) is 114 cm³/mol. The molecule has 1 heterocycles. The van der Waals surface area contributed by atoms with Gasteiger partial charge in [-0.25, -0.2) is 0 Å². The number of benzene rings is 2. The van der Waals surface area contributed by atoms with Crippen molar-refractivity contribution in [3.05, 3.63) is 84.4 Å². The number of hydrogen-bond acceptors (Lipinski definition) is 2. The summed E-state index contributed by atoms with van der Waals surface area (Å²) in [6, 6.07) is 21.3. The van der Waals surface area contributed by atoms with E-state index in [4.69, 9.17) is 5.11 Å². The average Bonchev–Trinajstić information content (AvgIpc) is 2.88. The van der Waals surface area contributed by atoms with Gasteiger partial charge in [0.15, 0.2) is 6.04 Å². The lowest BCUT2D eigenvalue weighted by Crippen LogP contribution is -3.00. The van der Waals surface area contributed by atoms with Gasteiger partial charge >= 0.3 is 0 Å². The molecule has 29 heavy (non-hydrogen) atoms. The van der Waals surface area contributed by atoms with E-state index in [-0.39, 0.29) is 30.4 Å². The number of quaternary nitrogens is 1. The van der Waals surface area contributed by atoms with Crippen molar-refractivity contribution in [2.75, 3.05) is 7.11 Å². The Labute approximate surface area is 180 Å². The summed E-state index contributed by atoms with van der Waals surface area (Å²) in [5.74, 6) is 0.163. The lowest BCUT2D eigenvalue weighted by atomic mass is 9.97. The molecule has 0 bridgehead atoms. The molecule has 2 aromatic carbocycles. The fraction of sp³-hybridized carbons (Fsp3) is 0.375. The number of aliphatic hydroxyl groups excluding tert-OH is 1. The molecule has 0 saturated carbocycles. The van der Waals surface area contributed by atoms with Crippen molar-refractivity contribution in [3.63, 3.8) is 0 Å². The van der Waals surface area contributed by atoms with Crippen molar-refractivity contribution in [3.8, 4) is 0 Å². The maximum atomic E-state index is 12.9. The smallest absolute Gasteiger partial charge is 0.278 e. The molecular weight excluding hydrogens is 384 g/mol. The van der Waals surface area contributed by atoms with Gasteiger partial charge in [0.05, 0.1) is 6.04 Å². The first-order valence-electron chi connectivity index (χ1n) is 10.0. The van der Waals surface area contributed by atoms with Crippen LogP contribution in [-0.4, -0.2) is 36.2 Å². The molecule has 0 radical (unpaired) electrons. The van der Waals surface area contributed by atoms with Gasteiger partial charge in [0.2, 0.25) is 0 Å². The number of aliphatic hydroxyl groups is 1. The molecular formula is C24H33ClN2O2.